The molecule has 0 bridgehead atoms. The SMILES string of the molecule is Nc1c(C(=O)Nc2ccc(Cl)cc2)nnn1Cc1cccc(Br)c1. The van der Waals surface area contributed by atoms with Gasteiger partial charge in [-0.2, -0.15) is 0 Å². The number of benzene rings is 2. The van der Waals surface area contributed by atoms with Gasteiger partial charge < -0.3 is 11.1 Å². The molecule has 2 aromatic carbocycles. The van der Waals surface area contributed by atoms with Crippen LogP contribution >= 0.6 is 27.5 Å². The average molecular weight is 407 g/mol. The summed E-state index contributed by atoms with van der Waals surface area (Å²) in [7, 11) is 0. The van der Waals surface area contributed by atoms with Crippen LogP contribution in [-0.4, -0.2) is 20.9 Å². The van der Waals surface area contributed by atoms with Gasteiger partial charge in [-0.3, -0.25) is 4.79 Å². The molecule has 0 atom stereocenters. The third-order valence-corrected chi connectivity index (χ3v) is 4.06. The summed E-state index contributed by atoms with van der Waals surface area (Å²) in [4.78, 5) is 12.3. The van der Waals surface area contributed by atoms with Crippen molar-refractivity contribution in [3.63, 3.8) is 0 Å². The largest absolute Gasteiger partial charge is 0.382 e. The number of amides is 1. The lowest BCUT2D eigenvalue weighted by Gasteiger charge is -2.05. The summed E-state index contributed by atoms with van der Waals surface area (Å²) in [5.74, 6) is -0.211. The van der Waals surface area contributed by atoms with E-state index in [4.69, 9.17) is 17.3 Å². The molecule has 0 unspecified atom stereocenters. The molecule has 8 heteroatoms. The normalized spacial score (nSPS) is 10.6. The van der Waals surface area contributed by atoms with Crippen LogP contribution in [-0.2, 0) is 6.54 Å². The number of halogens is 2. The molecule has 0 saturated carbocycles. The van der Waals surface area contributed by atoms with E-state index in [-0.39, 0.29) is 11.5 Å². The van der Waals surface area contributed by atoms with Crippen LogP contribution in [0.2, 0.25) is 5.02 Å². The molecule has 3 N–H and O–H groups in total. The fourth-order valence-corrected chi connectivity index (χ4v) is 2.70. The van der Waals surface area contributed by atoms with E-state index >= 15 is 0 Å². The molecule has 0 saturated heterocycles. The van der Waals surface area contributed by atoms with Gasteiger partial charge in [0.15, 0.2) is 11.5 Å². The van der Waals surface area contributed by atoms with Crippen molar-refractivity contribution >= 4 is 44.9 Å². The monoisotopic (exact) mass is 405 g/mol. The first-order chi connectivity index (χ1) is 11.5. The van der Waals surface area contributed by atoms with Gasteiger partial charge in [0.25, 0.3) is 5.91 Å². The van der Waals surface area contributed by atoms with Crippen LogP contribution in [0.4, 0.5) is 11.5 Å². The molecule has 1 amide bonds. The number of nitrogens with one attached hydrogen (secondary N) is 1. The Morgan fingerprint density at radius 3 is 2.71 bits per heavy atom. The summed E-state index contributed by atoms with van der Waals surface area (Å²) in [6.07, 6.45) is 0. The highest BCUT2D eigenvalue weighted by Gasteiger charge is 2.17. The number of anilines is 2. The Labute approximate surface area is 151 Å². The molecule has 0 aliphatic heterocycles. The van der Waals surface area contributed by atoms with Crippen LogP contribution in [0.1, 0.15) is 16.1 Å². The fourth-order valence-electron chi connectivity index (χ4n) is 2.13. The molecule has 3 rings (SSSR count). The number of nitrogens with zero attached hydrogens (tertiary/aromatic N) is 3. The molecule has 0 aliphatic carbocycles. The number of rotatable bonds is 4. The van der Waals surface area contributed by atoms with Crippen molar-refractivity contribution in [1.29, 1.82) is 0 Å². The molecule has 1 heterocycles. The molecule has 0 aliphatic rings. The van der Waals surface area contributed by atoms with Gasteiger partial charge in [-0.15, -0.1) is 5.10 Å². The van der Waals surface area contributed by atoms with E-state index in [1.165, 1.54) is 4.68 Å². The van der Waals surface area contributed by atoms with Gasteiger partial charge in [0.1, 0.15) is 0 Å². The zero-order valence-corrected chi connectivity index (χ0v) is 14.8. The molecule has 6 nitrogen and oxygen atoms in total. The maximum atomic E-state index is 12.3. The summed E-state index contributed by atoms with van der Waals surface area (Å²) in [5, 5.41) is 11.1. The van der Waals surface area contributed by atoms with Crippen LogP contribution in [0, 0.1) is 0 Å². The predicted molar refractivity (Wildman–Crippen MR) is 97.1 cm³/mol. The molecule has 1 aromatic heterocycles. The number of hydrogen-bond donors (Lipinski definition) is 2. The third kappa shape index (κ3) is 3.74. The molecule has 24 heavy (non-hydrogen) atoms. The van der Waals surface area contributed by atoms with E-state index in [2.05, 4.69) is 31.6 Å². The first-order valence-electron chi connectivity index (χ1n) is 7.03. The lowest BCUT2D eigenvalue weighted by atomic mass is 10.2. The summed E-state index contributed by atoms with van der Waals surface area (Å²) < 4.78 is 2.44. The predicted octanol–water partition coefficient (Wildman–Crippen LogP) is 3.58. The average Bonchev–Trinajstić information content (AvgIpc) is 2.91. The number of nitrogen functional groups attached to an aromatic ring is 1. The van der Waals surface area contributed by atoms with Crippen molar-refractivity contribution in [1.82, 2.24) is 15.0 Å². The Bertz CT molecular complexity index is 878. The number of aromatic nitrogens is 3. The summed E-state index contributed by atoms with van der Waals surface area (Å²) in [6.45, 7) is 0.423. The number of carbonyl (C=O) groups excluding carboxylic acids is 1. The van der Waals surface area contributed by atoms with Crippen LogP contribution in [0.5, 0.6) is 0 Å². The maximum Gasteiger partial charge on any atom is 0.280 e. The summed E-state index contributed by atoms with van der Waals surface area (Å²) in [6, 6.07) is 14.5. The van der Waals surface area contributed by atoms with Gasteiger partial charge >= 0.3 is 0 Å². The van der Waals surface area contributed by atoms with E-state index in [9.17, 15) is 4.79 Å². The van der Waals surface area contributed by atoms with Gasteiger partial charge in [-0.25, -0.2) is 4.68 Å². The highest BCUT2D eigenvalue weighted by Crippen LogP contribution is 2.17. The molecule has 122 valence electrons. The molecule has 0 spiro atoms. The fraction of sp³-hybridized carbons (Fsp3) is 0.0625. The Morgan fingerprint density at radius 1 is 1.25 bits per heavy atom. The first kappa shape index (κ1) is 16.5. The molecular weight excluding hydrogens is 394 g/mol. The number of carbonyl (C=O) groups is 1. The van der Waals surface area contributed by atoms with Gasteiger partial charge in [0, 0.05) is 15.2 Å². The molecule has 3 aromatic rings. The third-order valence-electron chi connectivity index (χ3n) is 3.31. The second kappa shape index (κ2) is 7.02. The van der Waals surface area contributed by atoms with Crippen molar-refractivity contribution in [3.05, 3.63) is 69.3 Å². The lowest BCUT2D eigenvalue weighted by Crippen LogP contribution is -2.15. The highest BCUT2D eigenvalue weighted by molar-refractivity contribution is 9.10. The van der Waals surface area contributed by atoms with E-state index in [1.807, 2.05) is 24.3 Å². The van der Waals surface area contributed by atoms with Gasteiger partial charge in [0.2, 0.25) is 0 Å². The Balaban J connectivity index is 1.76. The lowest BCUT2D eigenvalue weighted by molar-refractivity contribution is 0.102. The molecule has 0 fully saturated rings. The van der Waals surface area contributed by atoms with E-state index in [0.717, 1.165) is 10.0 Å². The Hall–Kier alpha value is -2.38. The smallest absolute Gasteiger partial charge is 0.280 e. The van der Waals surface area contributed by atoms with Gasteiger partial charge in [-0.1, -0.05) is 44.9 Å². The van der Waals surface area contributed by atoms with Crippen molar-refractivity contribution in [2.24, 2.45) is 0 Å². The van der Waals surface area contributed by atoms with Crippen molar-refractivity contribution in [2.75, 3.05) is 11.1 Å². The quantitative estimate of drug-likeness (QED) is 0.693. The number of nitrogens with two attached hydrogens (primary N) is 1. The minimum Gasteiger partial charge on any atom is -0.382 e. The Morgan fingerprint density at radius 2 is 2.00 bits per heavy atom. The maximum absolute atomic E-state index is 12.3. The van der Waals surface area contributed by atoms with E-state index < -0.39 is 5.91 Å². The first-order valence-corrected chi connectivity index (χ1v) is 8.20. The summed E-state index contributed by atoms with van der Waals surface area (Å²) in [5.41, 5.74) is 7.69. The summed E-state index contributed by atoms with van der Waals surface area (Å²) >= 11 is 9.23. The molecule has 0 radical (unpaired) electrons. The van der Waals surface area contributed by atoms with Crippen molar-refractivity contribution < 1.29 is 4.79 Å². The van der Waals surface area contributed by atoms with E-state index in [0.29, 0.717) is 17.3 Å². The minimum absolute atomic E-state index is 0.0833. The standard InChI is InChI=1S/C16H13BrClN5O/c17-11-3-1-2-10(8-11)9-23-15(19)14(21-22-23)16(24)20-13-6-4-12(18)5-7-13/h1-8H,9,19H2,(H,20,24). The van der Waals surface area contributed by atoms with E-state index in [1.54, 1.807) is 24.3 Å². The van der Waals surface area contributed by atoms with Crippen molar-refractivity contribution in [3.8, 4) is 0 Å². The zero-order valence-electron chi connectivity index (χ0n) is 12.4. The van der Waals surface area contributed by atoms with Crippen LogP contribution < -0.4 is 11.1 Å². The minimum atomic E-state index is -0.421. The highest BCUT2D eigenvalue weighted by atomic mass is 79.9. The second-order valence-electron chi connectivity index (χ2n) is 5.07. The van der Waals surface area contributed by atoms with Crippen LogP contribution in [0.15, 0.2) is 53.0 Å². The zero-order chi connectivity index (χ0) is 17.1. The Kier molecular flexibility index (Phi) is 4.82. The van der Waals surface area contributed by atoms with Gasteiger partial charge in [0.05, 0.1) is 6.54 Å². The second-order valence-corrected chi connectivity index (χ2v) is 6.42. The van der Waals surface area contributed by atoms with Crippen LogP contribution in [0.3, 0.4) is 0 Å². The topological polar surface area (TPSA) is 85.8 Å². The van der Waals surface area contributed by atoms with Crippen LogP contribution in [0.25, 0.3) is 0 Å². The molecular formula is C16H13BrClN5O. The van der Waals surface area contributed by atoms with Crippen molar-refractivity contribution in [2.45, 2.75) is 6.54 Å². The number of hydrogen-bond acceptors (Lipinski definition) is 4. The van der Waals surface area contributed by atoms with Gasteiger partial charge in [-0.05, 0) is 42.0 Å².